The van der Waals surface area contributed by atoms with Crippen molar-refractivity contribution < 1.29 is 0 Å². The van der Waals surface area contributed by atoms with Gasteiger partial charge in [-0.2, -0.15) is 0 Å². The fourth-order valence-electron chi connectivity index (χ4n) is 2.63. The van der Waals surface area contributed by atoms with Crippen LogP contribution in [0.25, 0.3) is 5.65 Å². The standard InChI is InChI=1S/C12H17N5/c1-9-2-3-10(6-9)7-14-11-12-16-15-8-17(12)5-4-13-11/h4-5,8-10H,2-3,6-7H2,1H3,(H,13,14). The smallest absolute Gasteiger partial charge is 0.203 e. The van der Waals surface area contributed by atoms with Crippen LogP contribution in [0.1, 0.15) is 26.2 Å². The summed E-state index contributed by atoms with van der Waals surface area (Å²) in [6.07, 6.45) is 9.33. The third kappa shape index (κ3) is 2.09. The topological polar surface area (TPSA) is 55.1 Å². The average Bonchev–Trinajstić information content (AvgIpc) is 2.94. The van der Waals surface area contributed by atoms with Crippen LogP contribution in [0.5, 0.6) is 0 Å². The predicted molar refractivity (Wildman–Crippen MR) is 65.8 cm³/mol. The molecule has 0 spiro atoms. The van der Waals surface area contributed by atoms with Crippen LogP contribution >= 0.6 is 0 Å². The van der Waals surface area contributed by atoms with E-state index in [9.17, 15) is 0 Å². The van der Waals surface area contributed by atoms with Crippen LogP contribution in [-0.4, -0.2) is 26.1 Å². The Morgan fingerprint density at radius 2 is 2.41 bits per heavy atom. The van der Waals surface area contributed by atoms with Gasteiger partial charge in [-0.15, -0.1) is 10.2 Å². The first-order valence-electron chi connectivity index (χ1n) is 6.21. The number of hydrogen-bond acceptors (Lipinski definition) is 4. The van der Waals surface area contributed by atoms with Gasteiger partial charge in [0, 0.05) is 18.9 Å². The molecule has 17 heavy (non-hydrogen) atoms. The number of rotatable bonds is 3. The lowest BCUT2D eigenvalue weighted by Gasteiger charge is -2.11. The van der Waals surface area contributed by atoms with E-state index < -0.39 is 0 Å². The van der Waals surface area contributed by atoms with Crippen LogP contribution in [0.4, 0.5) is 5.82 Å². The Labute approximate surface area is 100 Å². The molecule has 2 atom stereocenters. The number of fused-ring (bicyclic) bond motifs is 1. The van der Waals surface area contributed by atoms with E-state index >= 15 is 0 Å². The lowest BCUT2D eigenvalue weighted by molar-refractivity contribution is 0.536. The molecule has 1 aliphatic carbocycles. The molecule has 1 fully saturated rings. The van der Waals surface area contributed by atoms with E-state index in [1.807, 2.05) is 10.6 Å². The summed E-state index contributed by atoms with van der Waals surface area (Å²) in [5, 5.41) is 11.4. The van der Waals surface area contributed by atoms with Crippen molar-refractivity contribution in [1.29, 1.82) is 0 Å². The molecule has 2 unspecified atom stereocenters. The molecule has 3 rings (SSSR count). The second-order valence-electron chi connectivity index (χ2n) is 5.00. The summed E-state index contributed by atoms with van der Waals surface area (Å²) >= 11 is 0. The van der Waals surface area contributed by atoms with Crippen molar-refractivity contribution in [1.82, 2.24) is 19.6 Å². The number of nitrogens with zero attached hydrogens (tertiary/aromatic N) is 4. The van der Waals surface area contributed by atoms with Crippen LogP contribution < -0.4 is 5.32 Å². The number of anilines is 1. The number of nitrogens with one attached hydrogen (secondary N) is 1. The van der Waals surface area contributed by atoms with Crippen molar-refractivity contribution in [2.24, 2.45) is 11.8 Å². The SMILES string of the molecule is CC1CCC(CNc2nccn3cnnc23)C1. The molecule has 1 aliphatic rings. The highest BCUT2D eigenvalue weighted by Gasteiger charge is 2.21. The van der Waals surface area contributed by atoms with Gasteiger partial charge in [-0.1, -0.05) is 13.3 Å². The van der Waals surface area contributed by atoms with Crippen LogP contribution in [0.2, 0.25) is 0 Å². The minimum Gasteiger partial charge on any atom is -0.367 e. The number of hydrogen-bond donors (Lipinski definition) is 1. The molecule has 0 aromatic carbocycles. The van der Waals surface area contributed by atoms with Crippen LogP contribution in [0.15, 0.2) is 18.7 Å². The van der Waals surface area contributed by atoms with Gasteiger partial charge in [0.1, 0.15) is 6.33 Å². The van der Waals surface area contributed by atoms with E-state index in [1.54, 1.807) is 12.5 Å². The zero-order valence-electron chi connectivity index (χ0n) is 10.0. The molecule has 5 nitrogen and oxygen atoms in total. The molecule has 5 heteroatoms. The molecule has 1 saturated carbocycles. The largest absolute Gasteiger partial charge is 0.367 e. The third-order valence-corrected chi connectivity index (χ3v) is 3.58. The van der Waals surface area contributed by atoms with Crippen molar-refractivity contribution in [2.75, 3.05) is 11.9 Å². The Morgan fingerprint density at radius 1 is 1.47 bits per heavy atom. The number of aromatic nitrogens is 4. The summed E-state index contributed by atoms with van der Waals surface area (Å²) in [4.78, 5) is 4.32. The Kier molecular flexibility index (Phi) is 2.66. The van der Waals surface area contributed by atoms with Gasteiger partial charge in [-0.3, -0.25) is 4.40 Å². The highest BCUT2D eigenvalue weighted by molar-refractivity contribution is 5.61. The van der Waals surface area contributed by atoms with E-state index in [0.717, 1.165) is 29.8 Å². The van der Waals surface area contributed by atoms with Crippen LogP contribution in [0, 0.1) is 11.8 Å². The zero-order chi connectivity index (χ0) is 11.7. The zero-order valence-corrected chi connectivity index (χ0v) is 10.0. The molecule has 0 aliphatic heterocycles. The molecule has 2 aromatic heterocycles. The fraction of sp³-hybridized carbons (Fsp3) is 0.583. The maximum atomic E-state index is 4.32. The van der Waals surface area contributed by atoms with E-state index in [2.05, 4.69) is 27.4 Å². The van der Waals surface area contributed by atoms with Crippen molar-refractivity contribution in [3.05, 3.63) is 18.7 Å². The molecule has 1 N–H and O–H groups in total. The van der Waals surface area contributed by atoms with Gasteiger partial charge in [-0.05, 0) is 24.7 Å². The van der Waals surface area contributed by atoms with E-state index in [0.29, 0.717) is 0 Å². The lowest BCUT2D eigenvalue weighted by Crippen LogP contribution is -2.13. The molecular formula is C12H17N5. The Balaban J connectivity index is 1.70. The van der Waals surface area contributed by atoms with E-state index in [-0.39, 0.29) is 0 Å². The summed E-state index contributed by atoms with van der Waals surface area (Å²) in [7, 11) is 0. The normalized spacial score (nSPS) is 24.3. The van der Waals surface area contributed by atoms with Crippen LogP contribution in [-0.2, 0) is 0 Å². The average molecular weight is 231 g/mol. The van der Waals surface area contributed by atoms with Crippen molar-refractivity contribution in [3.63, 3.8) is 0 Å². The molecule has 0 saturated heterocycles. The first-order chi connectivity index (χ1) is 8.33. The fourth-order valence-corrected chi connectivity index (χ4v) is 2.63. The van der Waals surface area contributed by atoms with Gasteiger partial charge in [0.05, 0.1) is 0 Å². The third-order valence-electron chi connectivity index (χ3n) is 3.58. The van der Waals surface area contributed by atoms with Gasteiger partial charge in [0.2, 0.25) is 5.65 Å². The van der Waals surface area contributed by atoms with E-state index in [1.165, 1.54) is 19.3 Å². The Morgan fingerprint density at radius 3 is 3.24 bits per heavy atom. The minimum absolute atomic E-state index is 0.773. The Hall–Kier alpha value is -1.65. The van der Waals surface area contributed by atoms with Gasteiger partial charge < -0.3 is 5.32 Å². The molecule has 2 heterocycles. The lowest BCUT2D eigenvalue weighted by atomic mass is 10.1. The molecule has 90 valence electrons. The second-order valence-corrected chi connectivity index (χ2v) is 5.00. The molecule has 0 radical (unpaired) electrons. The van der Waals surface area contributed by atoms with Crippen LogP contribution in [0.3, 0.4) is 0 Å². The predicted octanol–water partition coefficient (Wildman–Crippen LogP) is 1.97. The molecule has 0 amide bonds. The summed E-state index contributed by atoms with van der Waals surface area (Å²) in [5.41, 5.74) is 0.804. The van der Waals surface area contributed by atoms with E-state index in [4.69, 9.17) is 0 Å². The summed E-state index contributed by atoms with van der Waals surface area (Å²) in [6.45, 7) is 3.32. The van der Waals surface area contributed by atoms with Crippen molar-refractivity contribution in [3.8, 4) is 0 Å². The highest BCUT2D eigenvalue weighted by atomic mass is 15.2. The minimum atomic E-state index is 0.773. The first kappa shape index (κ1) is 10.5. The molecule has 2 aromatic rings. The Bertz CT molecular complexity index is 506. The summed E-state index contributed by atoms with van der Waals surface area (Å²) in [6, 6.07) is 0. The maximum absolute atomic E-state index is 4.32. The summed E-state index contributed by atoms with van der Waals surface area (Å²) < 4.78 is 1.88. The van der Waals surface area contributed by atoms with Gasteiger partial charge in [0.15, 0.2) is 5.82 Å². The van der Waals surface area contributed by atoms with Crippen molar-refractivity contribution >= 4 is 11.5 Å². The maximum Gasteiger partial charge on any atom is 0.203 e. The van der Waals surface area contributed by atoms with Gasteiger partial charge in [-0.25, -0.2) is 4.98 Å². The summed E-state index contributed by atoms with van der Waals surface area (Å²) in [5.74, 6) is 2.48. The highest BCUT2D eigenvalue weighted by Crippen LogP contribution is 2.30. The monoisotopic (exact) mass is 231 g/mol. The molecular weight excluding hydrogens is 214 g/mol. The quantitative estimate of drug-likeness (QED) is 0.877. The van der Waals surface area contributed by atoms with Gasteiger partial charge in [0.25, 0.3) is 0 Å². The first-order valence-corrected chi connectivity index (χ1v) is 6.21. The second kappa shape index (κ2) is 4.31. The molecule has 0 bridgehead atoms. The van der Waals surface area contributed by atoms with Crippen molar-refractivity contribution in [2.45, 2.75) is 26.2 Å². The van der Waals surface area contributed by atoms with Gasteiger partial charge >= 0.3 is 0 Å².